The zero-order valence-corrected chi connectivity index (χ0v) is 14.4. The van der Waals surface area contributed by atoms with Crippen LogP contribution in [0, 0.1) is 13.8 Å². The van der Waals surface area contributed by atoms with Gasteiger partial charge in [0.15, 0.2) is 0 Å². The van der Waals surface area contributed by atoms with Gasteiger partial charge in [-0.3, -0.25) is 0 Å². The summed E-state index contributed by atoms with van der Waals surface area (Å²) in [7, 11) is 2.18. The van der Waals surface area contributed by atoms with E-state index in [0.29, 0.717) is 0 Å². The molecular formula is C19H15NS2. The first-order chi connectivity index (χ1) is 10.6. The van der Waals surface area contributed by atoms with Crippen molar-refractivity contribution in [1.82, 2.24) is 4.57 Å². The first-order valence-corrected chi connectivity index (χ1v) is 9.06. The van der Waals surface area contributed by atoms with E-state index >= 15 is 0 Å². The Kier molecular flexibility index (Phi) is 2.37. The normalized spacial score (nSPS) is 12.3. The van der Waals surface area contributed by atoms with Crippen LogP contribution in [-0.2, 0) is 7.05 Å². The third kappa shape index (κ3) is 1.58. The van der Waals surface area contributed by atoms with Gasteiger partial charge in [0.25, 0.3) is 0 Å². The number of nitrogens with zero attached hydrogens (tertiary/aromatic N) is 1. The van der Waals surface area contributed by atoms with Crippen molar-refractivity contribution in [3.63, 3.8) is 0 Å². The predicted molar refractivity (Wildman–Crippen MR) is 101 cm³/mol. The van der Waals surface area contributed by atoms with E-state index in [2.05, 4.69) is 61.9 Å². The molecule has 5 aromatic rings. The number of hydrogen-bond donors (Lipinski definition) is 0. The van der Waals surface area contributed by atoms with E-state index in [-0.39, 0.29) is 0 Å². The van der Waals surface area contributed by atoms with Gasteiger partial charge in [-0.05, 0) is 61.0 Å². The van der Waals surface area contributed by atoms with Crippen LogP contribution in [0.15, 0.2) is 36.4 Å². The van der Waals surface area contributed by atoms with Crippen LogP contribution in [0.1, 0.15) is 9.75 Å². The second kappa shape index (κ2) is 4.12. The first kappa shape index (κ1) is 12.7. The molecule has 0 unspecified atom stereocenters. The highest BCUT2D eigenvalue weighted by Gasteiger charge is 2.12. The molecule has 0 atom stereocenters. The Morgan fingerprint density at radius 2 is 1.14 bits per heavy atom. The van der Waals surface area contributed by atoms with Crippen LogP contribution in [0.25, 0.3) is 42.0 Å². The van der Waals surface area contributed by atoms with Crippen molar-refractivity contribution in [3.8, 4) is 0 Å². The lowest BCUT2D eigenvalue weighted by Crippen LogP contribution is -1.85. The zero-order valence-electron chi connectivity index (χ0n) is 12.7. The third-order valence-electron chi connectivity index (χ3n) is 4.53. The van der Waals surface area contributed by atoms with Gasteiger partial charge in [0, 0.05) is 37.0 Å². The lowest BCUT2D eigenvalue weighted by Gasteiger charge is -1.98. The lowest BCUT2D eigenvalue weighted by molar-refractivity contribution is 1.02. The Hall–Kier alpha value is -1.84. The van der Waals surface area contributed by atoms with Gasteiger partial charge in [-0.2, -0.15) is 0 Å². The minimum absolute atomic E-state index is 1.33. The van der Waals surface area contributed by atoms with Gasteiger partial charge in [0.05, 0.1) is 11.0 Å². The second-order valence-corrected chi connectivity index (χ2v) is 8.66. The van der Waals surface area contributed by atoms with E-state index < -0.39 is 0 Å². The topological polar surface area (TPSA) is 4.93 Å². The van der Waals surface area contributed by atoms with Crippen LogP contribution in [0.4, 0.5) is 0 Å². The van der Waals surface area contributed by atoms with Crippen molar-refractivity contribution in [2.24, 2.45) is 7.05 Å². The summed E-state index contributed by atoms with van der Waals surface area (Å²) in [5, 5.41) is 5.47. The van der Waals surface area contributed by atoms with Crippen LogP contribution in [0.5, 0.6) is 0 Å². The summed E-state index contributed by atoms with van der Waals surface area (Å²) in [4.78, 5) is 2.76. The molecule has 0 radical (unpaired) electrons. The van der Waals surface area contributed by atoms with E-state index in [1.54, 1.807) is 0 Å². The molecule has 0 saturated heterocycles. The molecule has 0 amide bonds. The molecule has 0 aliphatic carbocycles. The average molecular weight is 321 g/mol. The molecule has 2 aromatic carbocycles. The highest BCUT2D eigenvalue weighted by molar-refractivity contribution is 7.19. The molecule has 1 nitrogen and oxygen atoms in total. The number of hydrogen-bond acceptors (Lipinski definition) is 2. The van der Waals surface area contributed by atoms with Crippen molar-refractivity contribution in [2.45, 2.75) is 13.8 Å². The third-order valence-corrected chi connectivity index (χ3v) is 6.56. The summed E-state index contributed by atoms with van der Waals surface area (Å²) in [5.74, 6) is 0. The Morgan fingerprint density at radius 3 is 1.59 bits per heavy atom. The molecule has 0 aliphatic rings. The van der Waals surface area contributed by atoms with E-state index in [4.69, 9.17) is 0 Å². The van der Waals surface area contributed by atoms with Gasteiger partial charge in [-0.25, -0.2) is 0 Å². The summed E-state index contributed by atoms with van der Waals surface area (Å²) in [6.07, 6.45) is 0. The van der Waals surface area contributed by atoms with E-state index in [1.165, 1.54) is 51.7 Å². The minimum Gasteiger partial charge on any atom is -0.344 e. The summed E-state index contributed by atoms with van der Waals surface area (Å²) in [6, 6.07) is 14.0. The maximum Gasteiger partial charge on any atom is 0.0503 e. The standard InChI is InChI=1S/C19H15NS2/c1-10-4-12-6-14-15-7-13-5-11(2)22-19(13)9-17(15)20(3)16(14)8-18(12)21-10/h4-9H,1-3H3. The highest BCUT2D eigenvalue weighted by Crippen LogP contribution is 2.38. The Balaban J connectivity index is 2.02. The van der Waals surface area contributed by atoms with Crippen molar-refractivity contribution in [1.29, 1.82) is 0 Å². The highest BCUT2D eigenvalue weighted by atomic mass is 32.1. The Labute approximate surface area is 136 Å². The predicted octanol–water partition coefficient (Wildman–Crippen LogP) is 6.38. The number of aromatic nitrogens is 1. The summed E-state index contributed by atoms with van der Waals surface area (Å²) in [6.45, 7) is 4.37. The number of rotatable bonds is 0. The molecular weight excluding hydrogens is 306 g/mol. The summed E-state index contributed by atoms with van der Waals surface area (Å²) < 4.78 is 5.11. The Bertz CT molecular complexity index is 1110. The zero-order chi connectivity index (χ0) is 15.0. The molecule has 5 rings (SSSR count). The van der Waals surface area contributed by atoms with Crippen LogP contribution in [0.2, 0.25) is 0 Å². The molecule has 0 fully saturated rings. The fourth-order valence-corrected chi connectivity index (χ4v) is 5.41. The molecule has 0 bridgehead atoms. The van der Waals surface area contributed by atoms with Crippen molar-refractivity contribution < 1.29 is 0 Å². The molecule has 0 spiro atoms. The van der Waals surface area contributed by atoms with Gasteiger partial charge < -0.3 is 4.57 Å². The number of benzene rings is 2. The fraction of sp³-hybridized carbons (Fsp3) is 0.158. The lowest BCUT2D eigenvalue weighted by atomic mass is 10.1. The maximum atomic E-state index is 2.36. The minimum atomic E-state index is 1.33. The van der Waals surface area contributed by atoms with Gasteiger partial charge in [0.1, 0.15) is 0 Å². The maximum absolute atomic E-state index is 2.36. The van der Waals surface area contributed by atoms with Crippen LogP contribution >= 0.6 is 22.7 Å². The molecule has 3 heterocycles. The first-order valence-electron chi connectivity index (χ1n) is 7.43. The average Bonchev–Trinajstić information content (AvgIpc) is 3.09. The van der Waals surface area contributed by atoms with Gasteiger partial charge in [-0.15, -0.1) is 22.7 Å². The Morgan fingerprint density at radius 1 is 0.682 bits per heavy atom. The van der Waals surface area contributed by atoms with Gasteiger partial charge in [-0.1, -0.05) is 0 Å². The number of thiophene rings is 2. The number of fused-ring (bicyclic) bond motifs is 5. The van der Waals surface area contributed by atoms with E-state index in [0.717, 1.165) is 0 Å². The molecule has 3 heteroatoms. The van der Waals surface area contributed by atoms with E-state index in [9.17, 15) is 0 Å². The fourth-order valence-electron chi connectivity index (χ4n) is 3.53. The van der Waals surface area contributed by atoms with Crippen LogP contribution in [0.3, 0.4) is 0 Å². The van der Waals surface area contributed by atoms with Crippen LogP contribution < -0.4 is 0 Å². The summed E-state index contributed by atoms with van der Waals surface area (Å²) in [5.41, 5.74) is 2.66. The largest absolute Gasteiger partial charge is 0.344 e. The second-order valence-electron chi connectivity index (χ2n) is 6.09. The van der Waals surface area contributed by atoms with Crippen molar-refractivity contribution in [3.05, 3.63) is 46.2 Å². The molecule has 3 aromatic heterocycles. The molecule has 108 valence electrons. The quantitative estimate of drug-likeness (QED) is 0.312. The van der Waals surface area contributed by atoms with Crippen molar-refractivity contribution >= 4 is 64.7 Å². The molecule has 0 saturated carbocycles. The smallest absolute Gasteiger partial charge is 0.0503 e. The monoisotopic (exact) mass is 321 g/mol. The molecule has 0 N–H and O–H groups in total. The molecule has 0 aliphatic heterocycles. The number of aryl methyl sites for hydroxylation is 3. The van der Waals surface area contributed by atoms with Crippen molar-refractivity contribution in [2.75, 3.05) is 0 Å². The summed E-state index contributed by atoms with van der Waals surface area (Å²) >= 11 is 3.76. The van der Waals surface area contributed by atoms with Gasteiger partial charge >= 0.3 is 0 Å². The SMILES string of the molecule is Cc1cc2cc3c4cc5cc(C)sc5cc4n(C)c3cc2s1. The molecule has 22 heavy (non-hydrogen) atoms. The van der Waals surface area contributed by atoms with Gasteiger partial charge in [0.2, 0.25) is 0 Å². The van der Waals surface area contributed by atoms with E-state index in [1.807, 2.05) is 22.7 Å². The van der Waals surface area contributed by atoms with Crippen LogP contribution in [-0.4, -0.2) is 4.57 Å².